The Balaban J connectivity index is 2.26. The number of nitrogens with zero attached hydrogens (tertiary/aromatic N) is 1. The first-order chi connectivity index (χ1) is 7.93. The maximum Gasteiger partial charge on any atom is 0.0171 e. The molecule has 2 aliphatic rings. The number of hydrogen-bond donors (Lipinski definition) is 0. The molecule has 0 saturated heterocycles. The largest absolute Gasteiger partial charge is 0.297 e. The van der Waals surface area contributed by atoms with Crippen LogP contribution in [0.1, 0.15) is 54.4 Å². The molecule has 0 aromatic heterocycles. The first-order valence-corrected chi connectivity index (χ1v) is 7.42. The van der Waals surface area contributed by atoms with Crippen molar-refractivity contribution in [3.8, 4) is 0 Å². The molecule has 1 heterocycles. The predicted molar refractivity (Wildman–Crippen MR) is 75.1 cm³/mol. The van der Waals surface area contributed by atoms with E-state index in [9.17, 15) is 0 Å². The molecule has 1 nitrogen and oxygen atoms in total. The molecule has 2 atom stereocenters. The second-order valence-electron chi connectivity index (χ2n) is 6.78. The standard InChI is InChI=1S/C16H29N/c1-10(2)13-7-8-17(12(5)6)15-9-14(15)16(13)11(3)4/h10-12,14-15H,7-9H2,1-6H3. The Kier molecular flexibility index (Phi) is 3.68. The Morgan fingerprint density at radius 3 is 2.12 bits per heavy atom. The van der Waals surface area contributed by atoms with Crippen LogP contribution < -0.4 is 0 Å². The van der Waals surface area contributed by atoms with Gasteiger partial charge >= 0.3 is 0 Å². The molecular formula is C16H29N. The van der Waals surface area contributed by atoms with Crippen molar-refractivity contribution in [1.82, 2.24) is 4.90 Å². The van der Waals surface area contributed by atoms with Gasteiger partial charge in [-0.05, 0) is 44.4 Å². The van der Waals surface area contributed by atoms with E-state index in [4.69, 9.17) is 0 Å². The molecule has 0 aromatic carbocycles. The molecule has 1 fully saturated rings. The summed E-state index contributed by atoms with van der Waals surface area (Å²) >= 11 is 0. The highest BCUT2D eigenvalue weighted by Gasteiger charge is 2.47. The van der Waals surface area contributed by atoms with Crippen LogP contribution in [0.2, 0.25) is 0 Å². The van der Waals surface area contributed by atoms with Crippen molar-refractivity contribution in [3.63, 3.8) is 0 Å². The van der Waals surface area contributed by atoms with Crippen LogP contribution in [0.15, 0.2) is 11.1 Å². The number of hydrogen-bond acceptors (Lipinski definition) is 1. The zero-order valence-corrected chi connectivity index (χ0v) is 12.5. The lowest BCUT2D eigenvalue weighted by Crippen LogP contribution is -2.34. The molecule has 0 radical (unpaired) electrons. The number of rotatable bonds is 3. The van der Waals surface area contributed by atoms with Gasteiger partial charge in [0.2, 0.25) is 0 Å². The van der Waals surface area contributed by atoms with Crippen molar-refractivity contribution in [2.75, 3.05) is 6.54 Å². The molecule has 1 aliphatic heterocycles. The fourth-order valence-electron chi connectivity index (χ4n) is 3.74. The maximum atomic E-state index is 2.74. The van der Waals surface area contributed by atoms with Gasteiger partial charge in [-0.25, -0.2) is 0 Å². The van der Waals surface area contributed by atoms with Crippen LogP contribution in [0.25, 0.3) is 0 Å². The molecule has 0 aromatic rings. The van der Waals surface area contributed by atoms with Gasteiger partial charge in [-0.15, -0.1) is 0 Å². The minimum absolute atomic E-state index is 0.713. The average molecular weight is 235 g/mol. The minimum Gasteiger partial charge on any atom is -0.297 e. The van der Waals surface area contributed by atoms with E-state index in [2.05, 4.69) is 46.4 Å². The fraction of sp³-hybridized carbons (Fsp3) is 0.875. The Labute approximate surface area is 107 Å². The lowest BCUT2D eigenvalue weighted by atomic mass is 9.86. The highest BCUT2D eigenvalue weighted by molar-refractivity contribution is 5.30. The summed E-state index contributed by atoms with van der Waals surface area (Å²) in [6.45, 7) is 15.5. The highest BCUT2D eigenvalue weighted by Crippen LogP contribution is 2.49. The van der Waals surface area contributed by atoms with Crippen molar-refractivity contribution in [3.05, 3.63) is 11.1 Å². The van der Waals surface area contributed by atoms with Gasteiger partial charge in [-0.2, -0.15) is 0 Å². The summed E-state index contributed by atoms with van der Waals surface area (Å²) in [6.07, 6.45) is 2.72. The van der Waals surface area contributed by atoms with Crippen LogP contribution in [0, 0.1) is 17.8 Å². The van der Waals surface area contributed by atoms with E-state index in [0.29, 0.717) is 6.04 Å². The van der Waals surface area contributed by atoms with E-state index in [1.807, 2.05) is 5.57 Å². The Morgan fingerprint density at radius 1 is 1.00 bits per heavy atom. The topological polar surface area (TPSA) is 3.24 Å². The summed E-state index contributed by atoms with van der Waals surface area (Å²) in [7, 11) is 0. The third-order valence-electron chi connectivity index (χ3n) is 4.57. The van der Waals surface area contributed by atoms with Crippen LogP contribution in [-0.4, -0.2) is 23.5 Å². The van der Waals surface area contributed by atoms with Gasteiger partial charge in [0.1, 0.15) is 0 Å². The number of fused-ring (bicyclic) bond motifs is 1. The van der Waals surface area contributed by atoms with Crippen LogP contribution >= 0.6 is 0 Å². The highest BCUT2D eigenvalue weighted by atomic mass is 15.2. The molecule has 1 aliphatic carbocycles. The summed E-state index contributed by atoms with van der Waals surface area (Å²) in [6, 6.07) is 1.58. The van der Waals surface area contributed by atoms with Crippen molar-refractivity contribution in [2.45, 2.75) is 66.5 Å². The lowest BCUT2D eigenvalue weighted by molar-refractivity contribution is 0.210. The van der Waals surface area contributed by atoms with Crippen molar-refractivity contribution >= 4 is 0 Å². The second-order valence-corrected chi connectivity index (χ2v) is 6.78. The first kappa shape index (κ1) is 13.1. The normalized spacial score (nSPS) is 30.2. The van der Waals surface area contributed by atoms with Gasteiger partial charge in [0.05, 0.1) is 0 Å². The first-order valence-electron chi connectivity index (χ1n) is 7.42. The van der Waals surface area contributed by atoms with E-state index in [1.165, 1.54) is 19.4 Å². The maximum absolute atomic E-state index is 2.74. The smallest absolute Gasteiger partial charge is 0.0171 e. The molecule has 2 unspecified atom stereocenters. The molecule has 0 amide bonds. The van der Waals surface area contributed by atoms with Gasteiger partial charge in [0.25, 0.3) is 0 Å². The molecule has 1 heteroatoms. The zero-order chi connectivity index (χ0) is 12.7. The summed E-state index contributed by atoms with van der Waals surface area (Å²) in [5.41, 5.74) is 3.59. The summed E-state index contributed by atoms with van der Waals surface area (Å²) < 4.78 is 0. The van der Waals surface area contributed by atoms with Gasteiger partial charge < -0.3 is 0 Å². The molecule has 0 bridgehead atoms. The van der Waals surface area contributed by atoms with Crippen molar-refractivity contribution in [1.29, 1.82) is 0 Å². The molecule has 98 valence electrons. The van der Waals surface area contributed by atoms with Gasteiger partial charge in [-0.1, -0.05) is 38.8 Å². The van der Waals surface area contributed by atoms with E-state index in [-0.39, 0.29) is 0 Å². The van der Waals surface area contributed by atoms with Crippen LogP contribution in [-0.2, 0) is 0 Å². The molecule has 0 N–H and O–H groups in total. The lowest BCUT2D eigenvalue weighted by Gasteiger charge is -2.26. The fourth-order valence-corrected chi connectivity index (χ4v) is 3.74. The van der Waals surface area contributed by atoms with E-state index >= 15 is 0 Å². The quantitative estimate of drug-likeness (QED) is 0.666. The summed E-state index contributed by atoms with van der Waals surface area (Å²) in [4.78, 5) is 2.74. The van der Waals surface area contributed by atoms with Crippen LogP contribution in [0.4, 0.5) is 0 Å². The SMILES string of the molecule is CC(C)C1=C(C(C)C)C2CC2N(C(C)C)CC1. The molecule has 0 spiro atoms. The third-order valence-corrected chi connectivity index (χ3v) is 4.57. The predicted octanol–water partition coefficient (Wildman–Crippen LogP) is 4.10. The van der Waals surface area contributed by atoms with Crippen molar-refractivity contribution < 1.29 is 0 Å². The Bertz CT molecular complexity index is 311. The Hall–Kier alpha value is -0.300. The minimum atomic E-state index is 0.713. The van der Waals surface area contributed by atoms with E-state index in [1.54, 1.807) is 5.57 Å². The van der Waals surface area contributed by atoms with Crippen LogP contribution in [0.3, 0.4) is 0 Å². The third kappa shape index (κ3) is 2.45. The summed E-state index contributed by atoms with van der Waals surface area (Å²) in [5.74, 6) is 2.37. The Morgan fingerprint density at radius 2 is 1.65 bits per heavy atom. The summed E-state index contributed by atoms with van der Waals surface area (Å²) in [5, 5.41) is 0. The van der Waals surface area contributed by atoms with E-state index in [0.717, 1.165) is 23.8 Å². The molecule has 17 heavy (non-hydrogen) atoms. The van der Waals surface area contributed by atoms with Gasteiger partial charge in [0, 0.05) is 18.6 Å². The molecule has 1 saturated carbocycles. The van der Waals surface area contributed by atoms with Crippen LogP contribution in [0.5, 0.6) is 0 Å². The van der Waals surface area contributed by atoms with Gasteiger partial charge in [0.15, 0.2) is 0 Å². The van der Waals surface area contributed by atoms with Crippen molar-refractivity contribution in [2.24, 2.45) is 17.8 Å². The monoisotopic (exact) mass is 235 g/mol. The zero-order valence-electron chi connectivity index (χ0n) is 12.5. The molecular weight excluding hydrogens is 206 g/mol. The molecule has 2 rings (SSSR count). The van der Waals surface area contributed by atoms with E-state index < -0.39 is 0 Å². The second kappa shape index (κ2) is 4.76. The van der Waals surface area contributed by atoms with Gasteiger partial charge in [-0.3, -0.25) is 4.90 Å². The average Bonchev–Trinajstić information content (AvgIpc) is 2.92.